The van der Waals surface area contributed by atoms with E-state index >= 15 is 0 Å². The van der Waals surface area contributed by atoms with Gasteiger partial charge in [0.1, 0.15) is 0 Å². The van der Waals surface area contributed by atoms with Crippen LogP contribution in [0.3, 0.4) is 0 Å². The van der Waals surface area contributed by atoms with Gasteiger partial charge >= 0.3 is 0 Å². The van der Waals surface area contributed by atoms with Gasteiger partial charge in [0.2, 0.25) is 10.0 Å². The minimum absolute atomic E-state index is 0.111. The molecule has 0 fully saturated rings. The van der Waals surface area contributed by atoms with Crippen molar-refractivity contribution < 1.29 is 21.3 Å². The number of hydrogen-bond donors (Lipinski definition) is 1. The summed E-state index contributed by atoms with van der Waals surface area (Å²) in [7, 11) is -11.3. The molecule has 3 atom stereocenters. The lowest BCUT2D eigenvalue weighted by Crippen LogP contribution is -2.69. The maximum absolute atomic E-state index is 14.2. The first-order valence-corrected chi connectivity index (χ1v) is 22.1. The molecule has 0 bridgehead atoms. The first-order valence-electron chi connectivity index (χ1n) is 16.1. The van der Waals surface area contributed by atoms with E-state index in [1.165, 1.54) is 0 Å². The summed E-state index contributed by atoms with van der Waals surface area (Å²) < 4.78 is 66.8. The van der Waals surface area contributed by atoms with Gasteiger partial charge in [-0.1, -0.05) is 164 Å². The molecule has 5 aromatic carbocycles. The molecule has 1 N–H and O–H groups in total. The molecule has 6 nitrogen and oxygen atoms in total. The quantitative estimate of drug-likeness (QED) is 0.101. The Labute approximate surface area is 300 Å². The summed E-state index contributed by atoms with van der Waals surface area (Å²) >= 11 is 3.88. The molecule has 49 heavy (non-hydrogen) atoms. The van der Waals surface area contributed by atoms with E-state index in [9.17, 15) is 16.8 Å². The van der Waals surface area contributed by atoms with Gasteiger partial charge in [-0.2, -0.15) is 0 Å². The molecule has 0 amide bonds. The van der Waals surface area contributed by atoms with Gasteiger partial charge in [0.25, 0.3) is 8.32 Å². The maximum Gasteiger partial charge on any atom is 0.261 e. The van der Waals surface area contributed by atoms with Crippen molar-refractivity contribution in [3.63, 3.8) is 0 Å². The van der Waals surface area contributed by atoms with Crippen LogP contribution in [0.2, 0.25) is 5.04 Å². The van der Waals surface area contributed by atoms with E-state index < -0.39 is 55.9 Å². The lowest BCUT2D eigenvalue weighted by molar-refractivity contribution is 0.195. The molecule has 0 heterocycles. The first-order chi connectivity index (χ1) is 23.2. The van der Waals surface area contributed by atoms with E-state index in [1.54, 1.807) is 54.6 Å². The smallest absolute Gasteiger partial charge is 0.261 e. The molecular weight excluding hydrogens is 735 g/mol. The van der Waals surface area contributed by atoms with Gasteiger partial charge in [-0.25, -0.2) is 21.6 Å². The van der Waals surface area contributed by atoms with Crippen LogP contribution in [0.4, 0.5) is 0 Å². The van der Waals surface area contributed by atoms with Gasteiger partial charge < -0.3 is 4.43 Å². The zero-order valence-electron chi connectivity index (χ0n) is 28.0. The Bertz CT molecular complexity index is 1990. The van der Waals surface area contributed by atoms with Crippen LogP contribution in [0.1, 0.15) is 37.9 Å². The minimum Gasteiger partial charge on any atom is -0.402 e. The summed E-state index contributed by atoms with van der Waals surface area (Å²) in [6.07, 6.45) is -1.01. The lowest BCUT2D eigenvalue weighted by atomic mass is 10.0. The summed E-state index contributed by atoms with van der Waals surface area (Å²) in [5.74, 6) is -0.396. The monoisotopic (exact) mass is 775 g/mol. The number of aryl methyl sites for hydroxylation is 1. The molecule has 0 aromatic heterocycles. The molecule has 5 rings (SSSR count). The van der Waals surface area contributed by atoms with Crippen molar-refractivity contribution in [3.05, 3.63) is 157 Å². The van der Waals surface area contributed by atoms with Gasteiger partial charge in [-0.15, -0.1) is 0 Å². The highest BCUT2D eigenvalue weighted by atomic mass is 79.9. The van der Waals surface area contributed by atoms with Crippen LogP contribution in [-0.2, 0) is 24.3 Å². The molecule has 256 valence electrons. The second-order valence-corrected chi connectivity index (χ2v) is 22.2. The second kappa shape index (κ2) is 15.2. The molecule has 0 aliphatic rings. The molecule has 0 aliphatic heterocycles. The fourth-order valence-electron chi connectivity index (χ4n) is 6.19. The molecule has 0 saturated carbocycles. The number of sulfone groups is 1. The van der Waals surface area contributed by atoms with Crippen LogP contribution in [0.15, 0.2) is 155 Å². The summed E-state index contributed by atoms with van der Waals surface area (Å²) in [6, 6.07) is 43.2. The van der Waals surface area contributed by atoms with Crippen LogP contribution in [0.25, 0.3) is 0 Å². The highest BCUT2D eigenvalue weighted by molar-refractivity contribution is 9.09. The zero-order chi connectivity index (χ0) is 35.3. The number of alkyl halides is 1. The molecule has 0 unspecified atom stereocenters. The van der Waals surface area contributed by atoms with Crippen molar-refractivity contribution in [2.75, 3.05) is 5.75 Å². The fraction of sp³-hybridized carbons (Fsp3) is 0.231. The molecule has 10 heteroatoms. The van der Waals surface area contributed by atoms with Crippen molar-refractivity contribution in [2.24, 2.45) is 0 Å². The van der Waals surface area contributed by atoms with E-state index in [0.717, 1.165) is 15.9 Å². The lowest BCUT2D eigenvalue weighted by Gasteiger charge is -2.46. The normalized spacial score (nSPS) is 14.6. The van der Waals surface area contributed by atoms with Crippen LogP contribution < -0.4 is 15.1 Å². The average Bonchev–Trinajstić information content (AvgIpc) is 3.10. The van der Waals surface area contributed by atoms with E-state index in [1.807, 2.05) is 97.9 Å². The third-order valence-electron chi connectivity index (χ3n) is 8.68. The molecule has 0 saturated heterocycles. The van der Waals surface area contributed by atoms with Crippen molar-refractivity contribution in [2.45, 2.75) is 59.5 Å². The first kappa shape index (κ1) is 36.9. The van der Waals surface area contributed by atoms with Crippen molar-refractivity contribution in [1.29, 1.82) is 0 Å². The maximum atomic E-state index is 14.2. The predicted octanol–water partition coefficient (Wildman–Crippen LogP) is 7.20. The Hall–Kier alpha value is -3.38. The fourth-order valence-corrected chi connectivity index (χ4v) is 15.1. The SMILES string of the molecule is Cc1ccc(S(=O)(=O)N[C@H](c2ccccc2)[C@@H](Br)[C@H](CS(=O)(=O)c2ccccc2)O[Si](c2ccccc2)(c2ccccc2)C(C)(C)C)cc1. The number of halogens is 1. The minimum atomic E-state index is -4.05. The Morgan fingerprint density at radius 1 is 0.653 bits per heavy atom. The molecule has 0 spiro atoms. The number of sulfonamides is 1. The summed E-state index contributed by atoms with van der Waals surface area (Å²) in [5.41, 5.74) is 1.59. The van der Waals surface area contributed by atoms with E-state index in [-0.39, 0.29) is 9.79 Å². The third kappa shape index (κ3) is 8.33. The molecule has 0 aliphatic carbocycles. The second-order valence-electron chi connectivity index (χ2n) is 13.2. The number of nitrogens with one attached hydrogen (secondary N) is 1. The number of benzene rings is 5. The van der Waals surface area contributed by atoms with Crippen molar-refractivity contribution in [3.8, 4) is 0 Å². The van der Waals surface area contributed by atoms with Crippen molar-refractivity contribution in [1.82, 2.24) is 4.72 Å². The van der Waals surface area contributed by atoms with Crippen LogP contribution in [0, 0.1) is 6.92 Å². The van der Waals surface area contributed by atoms with Gasteiger partial charge in [0.05, 0.1) is 32.5 Å². The number of hydrogen-bond acceptors (Lipinski definition) is 5. The molecule has 0 radical (unpaired) electrons. The van der Waals surface area contributed by atoms with E-state index in [0.29, 0.717) is 5.56 Å². The predicted molar refractivity (Wildman–Crippen MR) is 204 cm³/mol. The topological polar surface area (TPSA) is 89.5 Å². The molecular formula is C39H42BrNO5S2Si. The van der Waals surface area contributed by atoms with Gasteiger partial charge in [0, 0.05) is 0 Å². The standard InChI is InChI=1S/C39H42BrNO5S2Si/c1-30-25-27-33(28-26-30)48(44,45)41-38(31-17-9-5-10-18-31)37(40)36(29-47(42,43)32-19-11-6-12-20-32)46-49(39(2,3)4,34-21-13-7-14-22-34)35-23-15-8-16-24-35/h5-28,36-38,41H,29H2,1-4H3/t36-,37-,38+/m0/s1. The summed E-state index contributed by atoms with van der Waals surface area (Å²) in [5, 5.41) is 1.49. The van der Waals surface area contributed by atoms with Crippen molar-refractivity contribution >= 4 is 54.5 Å². The molecule has 5 aromatic rings. The highest BCUT2D eigenvalue weighted by Crippen LogP contribution is 2.40. The van der Waals surface area contributed by atoms with Crippen LogP contribution >= 0.6 is 15.9 Å². The van der Waals surface area contributed by atoms with Crippen LogP contribution in [0.5, 0.6) is 0 Å². The van der Waals surface area contributed by atoms with Gasteiger partial charge in [-0.05, 0) is 52.2 Å². The average molecular weight is 777 g/mol. The Morgan fingerprint density at radius 3 is 1.57 bits per heavy atom. The Kier molecular flexibility index (Phi) is 11.5. The number of rotatable bonds is 13. The largest absolute Gasteiger partial charge is 0.402 e. The summed E-state index contributed by atoms with van der Waals surface area (Å²) in [4.78, 5) is -0.544. The highest BCUT2D eigenvalue weighted by Gasteiger charge is 2.53. The Morgan fingerprint density at radius 2 is 1.10 bits per heavy atom. The van der Waals surface area contributed by atoms with E-state index in [2.05, 4.69) is 41.4 Å². The zero-order valence-corrected chi connectivity index (χ0v) is 32.3. The van der Waals surface area contributed by atoms with Gasteiger partial charge in [-0.3, -0.25) is 0 Å². The van der Waals surface area contributed by atoms with E-state index in [4.69, 9.17) is 4.43 Å². The Balaban J connectivity index is 1.71. The van der Waals surface area contributed by atoms with Gasteiger partial charge in [0.15, 0.2) is 9.84 Å². The third-order valence-corrected chi connectivity index (χ3v) is 18.1. The summed E-state index contributed by atoms with van der Waals surface area (Å²) in [6.45, 7) is 8.27. The van der Waals surface area contributed by atoms with Crippen LogP contribution in [-0.4, -0.2) is 41.8 Å².